The highest BCUT2D eigenvalue weighted by Crippen LogP contribution is 2.43. The number of aliphatic hydroxyl groups is 1. The third kappa shape index (κ3) is 4.60. The molecule has 0 spiro atoms. The summed E-state index contributed by atoms with van der Waals surface area (Å²) in [4.78, 5) is 0. The quantitative estimate of drug-likeness (QED) is 0.194. The lowest BCUT2D eigenvalue weighted by Crippen LogP contribution is -2.45. The zero-order chi connectivity index (χ0) is 26.0. The van der Waals surface area contributed by atoms with Crippen molar-refractivity contribution in [3.8, 4) is 0 Å². The summed E-state index contributed by atoms with van der Waals surface area (Å²) in [5.74, 6) is 0. The van der Waals surface area contributed by atoms with Gasteiger partial charge in [-0.25, -0.2) is 0 Å². The van der Waals surface area contributed by atoms with E-state index in [4.69, 9.17) is 0 Å². The van der Waals surface area contributed by atoms with E-state index in [0.29, 0.717) is 6.42 Å². The molecule has 1 unspecified atom stereocenters. The maximum absolute atomic E-state index is 9.32. The molecule has 0 bridgehead atoms. The molecular formula is C31H28N6O. The molecule has 7 heteroatoms. The van der Waals surface area contributed by atoms with Crippen LogP contribution in [0.25, 0.3) is 21.5 Å². The zero-order valence-electron chi connectivity index (χ0n) is 21.1. The molecule has 1 aliphatic rings. The molecule has 0 amide bonds. The van der Waals surface area contributed by atoms with Gasteiger partial charge in [-0.2, -0.15) is 5.11 Å². The molecular weight excluding hydrogens is 472 g/mol. The molecule has 188 valence electrons. The van der Waals surface area contributed by atoms with Gasteiger partial charge in [0.25, 0.3) is 0 Å². The Morgan fingerprint density at radius 2 is 1.16 bits per heavy atom. The third-order valence-corrected chi connectivity index (χ3v) is 6.85. The summed E-state index contributed by atoms with van der Waals surface area (Å²) in [5, 5.41) is 38.8. The number of benzene rings is 5. The van der Waals surface area contributed by atoms with Crippen LogP contribution in [0.3, 0.4) is 0 Å². The maximum Gasteiger partial charge on any atom is 0.105 e. The first-order chi connectivity index (χ1) is 18.6. The van der Waals surface area contributed by atoms with Gasteiger partial charge in [0.1, 0.15) is 5.66 Å². The van der Waals surface area contributed by atoms with Crippen molar-refractivity contribution in [3.05, 3.63) is 97.1 Å². The van der Waals surface area contributed by atoms with Crippen LogP contribution >= 0.6 is 0 Å². The Balaban J connectivity index is 1.35. The van der Waals surface area contributed by atoms with Gasteiger partial charge in [-0.05, 0) is 62.2 Å². The number of azo groups is 2. The van der Waals surface area contributed by atoms with Crippen LogP contribution in [0.2, 0.25) is 0 Å². The second-order valence-corrected chi connectivity index (χ2v) is 9.65. The van der Waals surface area contributed by atoms with E-state index in [9.17, 15) is 5.11 Å². The Morgan fingerprint density at radius 1 is 0.605 bits per heavy atom. The molecule has 5 aromatic carbocycles. The Kier molecular flexibility index (Phi) is 6.27. The van der Waals surface area contributed by atoms with E-state index < -0.39 is 0 Å². The molecule has 1 heterocycles. The van der Waals surface area contributed by atoms with Crippen LogP contribution in [-0.4, -0.2) is 17.4 Å². The molecule has 0 fully saturated rings. The lowest BCUT2D eigenvalue weighted by molar-refractivity contribution is 0.274. The summed E-state index contributed by atoms with van der Waals surface area (Å²) in [7, 11) is 0. The summed E-state index contributed by atoms with van der Waals surface area (Å²) in [6.07, 6.45) is 1.52. The fourth-order valence-electron chi connectivity index (χ4n) is 5.03. The molecule has 1 aliphatic heterocycles. The topological polar surface area (TPSA) is 93.7 Å². The predicted molar refractivity (Wildman–Crippen MR) is 155 cm³/mol. The lowest BCUT2D eigenvalue weighted by Gasteiger charge is -2.39. The van der Waals surface area contributed by atoms with Crippen molar-refractivity contribution in [2.24, 2.45) is 20.5 Å². The van der Waals surface area contributed by atoms with Crippen molar-refractivity contribution < 1.29 is 5.11 Å². The molecule has 0 radical (unpaired) electrons. The number of aliphatic hydroxyl groups excluding tert-OH is 1. The van der Waals surface area contributed by atoms with Crippen LogP contribution in [0.1, 0.15) is 19.8 Å². The minimum absolute atomic E-state index is 0.168. The Hall–Kier alpha value is -4.62. The van der Waals surface area contributed by atoms with Gasteiger partial charge in [0.05, 0.1) is 22.7 Å². The van der Waals surface area contributed by atoms with Gasteiger partial charge in [0.2, 0.25) is 0 Å². The van der Waals surface area contributed by atoms with E-state index in [0.717, 1.165) is 62.1 Å². The fourth-order valence-corrected chi connectivity index (χ4v) is 5.03. The summed E-state index contributed by atoms with van der Waals surface area (Å²) >= 11 is 0. The number of nitrogens with one attached hydrogen (secondary N) is 2. The number of hydrogen-bond acceptors (Lipinski definition) is 7. The molecule has 0 aliphatic carbocycles. The first-order valence-electron chi connectivity index (χ1n) is 12.8. The average molecular weight is 501 g/mol. The molecule has 1 atom stereocenters. The van der Waals surface area contributed by atoms with Gasteiger partial charge in [-0.3, -0.25) is 0 Å². The number of hydrogen-bond donors (Lipinski definition) is 3. The Labute approximate surface area is 221 Å². The van der Waals surface area contributed by atoms with E-state index in [2.05, 4.69) is 56.2 Å². The van der Waals surface area contributed by atoms with Crippen molar-refractivity contribution in [2.75, 3.05) is 17.2 Å². The summed E-state index contributed by atoms with van der Waals surface area (Å²) in [6, 6.07) is 31.9. The normalized spacial score (nSPS) is 16.8. The van der Waals surface area contributed by atoms with Crippen molar-refractivity contribution in [1.82, 2.24) is 0 Å². The molecule has 0 saturated heterocycles. The minimum atomic E-state index is -0.328. The fraction of sp³-hybridized carbons (Fsp3) is 0.161. The largest absolute Gasteiger partial charge is 0.396 e. The lowest BCUT2D eigenvalue weighted by atomic mass is 9.96. The van der Waals surface area contributed by atoms with E-state index >= 15 is 0 Å². The number of fused-ring (bicyclic) bond motifs is 1. The van der Waals surface area contributed by atoms with Crippen LogP contribution in [-0.2, 0) is 0 Å². The van der Waals surface area contributed by atoms with Crippen molar-refractivity contribution in [3.63, 3.8) is 0 Å². The molecule has 0 saturated carbocycles. The Bertz CT molecular complexity index is 1670. The van der Waals surface area contributed by atoms with Gasteiger partial charge >= 0.3 is 0 Å². The van der Waals surface area contributed by atoms with Crippen LogP contribution in [0.5, 0.6) is 0 Å². The molecule has 7 nitrogen and oxygen atoms in total. The molecule has 5 aromatic rings. The third-order valence-electron chi connectivity index (χ3n) is 6.85. The summed E-state index contributed by atoms with van der Waals surface area (Å²) in [6.45, 7) is 2.28. The SMILES string of the molecule is CC1(CCCO)Nc2cccc3c(/N=N/c4ccc(/N=N/c5ccccc5)c5ccccc45)ccc(c23)N1. The Morgan fingerprint density at radius 3 is 1.84 bits per heavy atom. The van der Waals surface area contributed by atoms with Gasteiger partial charge in [0.15, 0.2) is 0 Å². The molecule has 0 aromatic heterocycles. The van der Waals surface area contributed by atoms with Crippen LogP contribution in [0.15, 0.2) is 118 Å². The summed E-state index contributed by atoms with van der Waals surface area (Å²) < 4.78 is 0. The van der Waals surface area contributed by atoms with Crippen molar-refractivity contribution in [1.29, 1.82) is 0 Å². The smallest absolute Gasteiger partial charge is 0.105 e. The second-order valence-electron chi connectivity index (χ2n) is 9.65. The predicted octanol–water partition coefficient (Wildman–Crippen LogP) is 9.15. The van der Waals surface area contributed by atoms with E-state index in [-0.39, 0.29) is 12.3 Å². The minimum Gasteiger partial charge on any atom is -0.396 e. The molecule has 3 N–H and O–H groups in total. The van der Waals surface area contributed by atoms with E-state index in [1.54, 1.807) is 0 Å². The zero-order valence-corrected chi connectivity index (χ0v) is 21.1. The first-order valence-corrected chi connectivity index (χ1v) is 12.8. The van der Waals surface area contributed by atoms with Gasteiger partial charge in [-0.1, -0.05) is 54.6 Å². The monoisotopic (exact) mass is 500 g/mol. The van der Waals surface area contributed by atoms with Gasteiger partial charge in [-0.15, -0.1) is 15.3 Å². The van der Waals surface area contributed by atoms with Crippen molar-refractivity contribution in [2.45, 2.75) is 25.4 Å². The number of anilines is 2. The maximum atomic E-state index is 9.32. The average Bonchev–Trinajstić information content (AvgIpc) is 2.95. The number of rotatable bonds is 7. The first kappa shape index (κ1) is 23.8. The molecule has 38 heavy (non-hydrogen) atoms. The van der Waals surface area contributed by atoms with Crippen LogP contribution in [0.4, 0.5) is 34.1 Å². The van der Waals surface area contributed by atoms with E-state index in [1.165, 1.54) is 0 Å². The van der Waals surface area contributed by atoms with Crippen molar-refractivity contribution >= 4 is 55.7 Å². The standard InChI is InChI=1S/C31H28N6O/c1-31(19-8-20-38)32-28-14-7-13-24-27(17-18-29(33-31)30(24)28)37-36-26-16-15-25(22-11-5-6-12-23(22)26)35-34-21-9-3-2-4-10-21/h2-7,9-18,32-33,38H,8,19-20H2,1H3/b35-34+,37-36+. The summed E-state index contributed by atoms with van der Waals surface area (Å²) in [5.41, 5.74) is 4.93. The van der Waals surface area contributed by atoms with Crippen LogP contribution < -0.4 is 10.6 Å². The highest BCUT2D eigenvalue weighted by molar-refractivity contribution is 6.09. The van der Waals surface area contributed by atoms with Crippen LogP contribution in [0, 0.1) is 0 Å². The second kappa shape index (κ2) is 10.0. The highest BCUT2D eigenvalue weighted by Gasteiger charge is 2.29. The van der Waals surface area contributed by atoms with Gasteiger partial charge < -0.3 is 15.7 Å². The van der Waals surface area contributed by atoms with Gasteiger partial charge in [0, 0.05) is 39.5 Å². The molecule has 6 rings (SSSR count). The highest BCUT2D eigenvalue weighted by atomic mass is 16.3. The number of nitrogens with zero attached hydrogens (tertiary/aromatic N) is 4. The van der Waals surface area contributed by atoms with E-state index in [1.807, 2.05) is 78.9 Å².